The van der Waals surface area contributed by atoms with Crippen LogP contribution in [-0.2, 0) is 11.3 Å². The average molecular weight is 299 g/mol. The summed E-state index contributed by atoms with van der Waals surface area (Å²) in [7, 11) is 1.69. The van der Waals surface area contributed by atoms with E-state index in [-0.39, 0.29) is 0 Å². The number of fused-ring (bicyclic) bond motifs is 1. The molecule has 0 saturated heterocycles. The van der Waals surface area contributed by atoms with Gasteiger partial charge in [0.2, 0.25) is 11.7 Å². The van der Waals surface area contributed by atoms with Crippen LogP contribution in [0.1, 0.15) is 36.6 Å². The van der Waals surface area contributed by atoms with Crippen molar-refractivity contribution in [3.05, 3.63) is 35.7 Å². The number of benzene rings is 1. The molecule has 2 aromatic rings. The van der Waals surface area contributed by atoms with Crippen LogP contribution in [-0.4, -0.2) is 23.3 Å². The third-order valence-electron chi connectivity index (χ3n) is 5.19. The Bertz CT molecular complexity index is 652. The minimum absolute atomic E-state index is 0.380. The highest BCUT2D eigenvalue weighted by atomic mass is 16.5. The second kappa shape index (κ2) is 5.48. The first-order chi connectivity index (χ1) is 10.7. The molecule has 1 aromatic heterocycles. The van der Waals surface area contributed by atoms with E-state index in [0.717, 1.165) is 42.2 Å². The Morgan fingerprint density at radius 1 is 1.23 bits per heavy atom. The molecule has 4 rings (SSSR count). The number of hydrogen-bond acceptors (Lipinski definition) is 5. The summed E-state index contributed by atoms with van der Waals surface area (Å²) in [4.78, 5) is 4.61. The molecule has 4 atom stereocenters. The molecule has 5 heteroatoms. The summed E-state index contributed by atoms with van der Waals surface area (Å²) in [5.74, 6) is 3.26. The van der Waals surface area contributed by atoms with E-state index in [9.17, 15) is 0 Å². The predicted molar refractivity (Wildman–Crippen MR) is 82.0 cm³/mol. The molecular formula is C17H21N3O2. The van der Waals surface area contributed by atoms with Crippen LogP contribution >= 0.6 is 0 Å². The Morgan fingerprint density at radius 3 is 2.73 bits per heavy atom. The number of hydrogen-bond donors (Lipinski definition) is 1. The Morgan fingerprint density at radius 2 is 2.05 bits per heavy atom. The topological polar surface area (TPSA) is 74.2 Å². The van der Waals surface area contributed by atoms with Gasteiger partial charge in [0.15, 0.2) is 0 Å². The lowest BCUT2D eigenvalue weighted by Gasteiger charge is -2.37. The van der Waals surface area contributed by atoms with E-state index in [2.05, 4.69) is 10.1 Å². The van der Waals surface area contributed by atoms with Gasteiger partial charge >= 0.3 is 0 Å². The van der Waals surface area contributed by atoms with Crippen LogP contribution < -0.4 is 5.73 Å². The van der Waals surface area contributed by atoms with Gasteiger partial charge in [-0.15, -0.1) is 0 Å². The molecule has 2 aliphatic rings. The molecule has 2 fully saturated rings. The summed E-state index contributed by atoms with van der Waals surface area (Å²) in [6.45, 7) is 0.614. The molecule has 1 unspecified atom stereocenters. The van der Waals surface area contributed by atoms with Crippen molar-refractivity contribution in [3.8, 4) is 11.4 Å². The predicted octanol–water partition coefficient (Wildman–Crippen LogP) is 2.72. The lowest BCUT2D eigenvalue weighted by Crippen LogP contribution is -2.44. The summed E-state index contributed by atoms with van der Waals surface area (Å²) in [5.41, 5.74) is 8.18. The summed E-state index contributed by atoms with van der Waals surface area (Å²) in [6.07, 6.45) is 3.40. The molecule has 0 bridgehead atoms. The molecule has 1 aromatic carbocycles. The van der Waals surface area contributed by atoms with Crippen LogP contribution in [0.5, 0.6) is 0 Å². The summed E-state index contributed by atoms with van der Waals surface area (Å²) in [5, 5.41) is 4.15. The van der Waals surface area contributed by atoms with Crippen LogP contribution in [0.25, 0.3) is 11.4 Å². The van der Waals surface area contributed by atoms with Crippen molar-refractivity contribution >= 4 is 0 Å². The maximum Gasteiger partial charge on any atom is 0.230 e. The SMILES string of the molecule is COCc1ccc(-c2noc(C3C[C@@H]4C[C@H](N)[C@@H]4C3)n2)cc1. The van der Waals surface area contributed by atoms with E-state index in [4.69, 9.17) is 15.0 Å². The molecule has 22 heavy (non-hydrogen) atoms. The van der Waals surface area contributed by atoms with Gasteiger partial charge < -0.3 is 15.0 Å². The third-order valence-corrected chi connectivity index (χ3v) is 5.19. The van der Waals surface area contributed by atoms with Crippen molar-refractivity contribution in [2.24, 2.45) is 17.6 Å². The largest absolute Gasteiger partial charge is 0.380 e. The van der Waals surface area contributed by atoms with Gasteiger partial charge in [0, 0.05) is 24.6 Å². The van der Waals surface area contributed by atoms with Crippen LogP contribution in [0, 0.1) is 11.8 Å². The number of aromatic nitrogens is 2. The first kappa shape index (κ1) is 13.9. The van der Waals surface area contributed by atoms with Crippen molar-refractivity contribution in [1.29, 1.82) is 0 Å². The Hall–Kier alpha value is -1.72. The molecule has 0 radical (unpaired) electrons. The van der Waals surface area contributed by atoms with E-state index in [1.165, 1.54) is 0 Å². The van der Waals surface area contributed by atoms with Crippen molar-refractivity contribution in [3.63, 3.8) is 0 Å². The monoisotopic (exact) mass is 299 g/mol. The average Bonchev–Trinajstić information content (AvgIpc) is 3.12. The second-order valence-electron chi connectivity index (χ2n) is 6.58. The van der Waals surface area contributed by atoms with E-state index in [0.29, 0.717) is 30.3 Å². The van der Waals surface area contributed by atoms with Crippen molar-refractivity contribution in [2.75, 3.05) is 7.11 Å². The fraction of sp³-hybridized carbons (Fsp3) is 0.529. The molecular weight excluding hydrogens is 278 g/mol. The van der Waals surface area contributed by atoms with Gasteiger partial charge in [-0.3, -0.25) is 0 Å². The van der Waals surface area contributed by atoms with Gasteiger partial charge in [-0.25, -0.2) is 0 Å². The molecule has 1 heterocycles. The molecule has 0 spiro atoms. The van der Waals surface area contributed by atoms with Crippen LogP contribution in [0.3, 0.4) is 0 Å². The van der Waals surface area contributed by atoms with Gasteiger partial charge in [0.25, 0.3) is 0 Å². The number of nitrogens with zero attached hydrogens (tertiary/aromatic N) is 2. The fourth-order valence-corrected chi connectivity index (χ4v) is 3.92. The van der Waals surface area contributed by atoms with Gasteiger partial charge in [-0.05, 0) is 36.7 Å². The minimum atomic E-state index is 0.380. The zero-order valence-corrected chi connectivity index (χ0v) is 12.7. The van der Waals surface area contributed by atoms with E-state index >= 15 is 0 Å². The molecule has 2 N–H and O–H groups in total. The van der Waals surface area contributed by atoms with E-state index in [1.54, 1.807) is 7.11 Å². The van der Waals surface area contributed by atoms with Gasteiger partial charge in [-0.2, -0.15) is 4.98 Å². The van der Waals surface area contributed by atoms with Gasteiger partial charge in [-0.1, -0.05) is 29.4 Å². The van der Waals surface area contributed by atoms with Crippen LogP contribution in [0.15, 0.2) is 28.8 Å². The smallest absolute Gasteiger partial charge is 0.230 e. The molecule has 5 nitrogen and oxygen atoms in total. The normalized spacial score (nSPS) is 30.1. The zero-order chi connectivity index (χ0) is 15.1. The molecule has 0 amide bonds. The summed E-state index contributed by atoms with van der Waals surface area (Å²) >= 11 is 0. The van der Waals surface area contributed by atoms with Crippen molar-refractivity contribution < 1.29 is 9.26 Å². The molecule has 0 aliphatic heterocycles. The number of nitrogens with two attached hydrogens (primary N) is 1. The van der Waals surface area contributed by atoms with Crippen LogP contribution in [0.4, 0.5) is 0 Å². The quantitative estimate of drug-likeness (QED) is 0.939. The first-order valence-corrected chi connectivity index (χ1v) is 7.92. The maximum atomic E-state index is 6.06. The van der Waals surface area contributed by atoms with Gasteiger partial charge in [0.1, 0.15) is 0 Å². The lowest BCUT2D eigenvalue weighted by molar-refractivity contribution is 0.173. The minimum Gasteiger partial charge on any atom is -0.380 e. The Labute approximate surface area is 129 Å². The standard InChI is InChI=1S/C17H21N3O2/c1-21-9-10-2-4-11(5-3-10)16-19-17(22-20-16)13-6-12-8-15(18)14(12)7-13/h2-5,12-15H,6-9,18H2,1H3/t12-,13?,14-,15+/m1/s1. The van der Waals surface area contributed by atoms with E-state index in [1.807, 2.05) is 24.3 Å². The van der Waals surface area contributed by atoms with Gasteiger partial charge in [0.05, 0.1) is 6.61 Å². The summed E-state index contributed by atoms with van der Waals surface area (Å²) in [6, 6.07) is 8.47. The van der Waals surface area contributed by atoms with Crippen LogP contribution in [0.2, 0.25) is 0 Å². The fourth-order valence-electron chi connectivity index (χ4n) is 3.92. The number of rotatable bonds is 4. The number of ether oxygens (including phenoxy) is 1. The molecule has 116 valence electrons. The number of methoxy groups -OCH3 is 1. The third kappa shape index (κ3) is 2.34. The maximum absolute atomic E-state index is 6.06. The molecule has 2 saturated carbocycles. The van der Waals surface area contributed by atoms with Crippen molar-refractivity contribution in [2.45, 2.75) is 37.8 Å². The summed E-state index contributed by atoms with van der Waals surface area (Å²) < 4.78 is 10.6. The van der Waals surface area contributed by atoms with E-state index < -0.39 is 0 Å². The van der Waals surface area contributed by atoms with Crippen molar-refractivity contribution in [1.82, 2.24) is 10.1 Å². The Balaban J connectivity index is 1.49. The highest BCUT2D eigenvalue weighted by molar-refractivity contribution is 5.54. The lowest BCUT2D eigenvalue weighted by atomic mass is 9.72. The highest BCUT2D eigenvalue weighted by Crippen LogP contribution is 2.52. The Kier molecular flexibility index (Phi) is 3.47. The highest BCUT2D eigenvalue weighted by Gasteiger charge is 2.47. The molecule has 2 aliphatic carbocycles. The first-order valence-electron chi connectivity index (χ1n) is 7.92. The second-order valence-corrected chi connectivity index (χ2v) is 6.58. The zero-order valence-electron chi connectivity index (χ0n) is 12.7.